The van der Waals surface area contributed by atoms with Crippen LogP contribution in [-0.2, 0) is 0 Å². The molecule has 4 nitrogen and oxygen atoms in total. The smallest absolute Gasteiger partial charge is 0.229 e. The van der Waals surface area contributed by atoms with Gasteiger partial charge in [-0.2, -0.15) is 4.98 Å². The number of halogens is 2. The average molecular weight is 359 g/mol. The topological polar surface area (TPSA) is 41.1 Å². The van der Waals surface area contributed by atoms with Crippen molar-refractivity contribution in [2.75, 3.05) is 17.3 Å². The van der Waals surface area contributed by atoms with Crippen molar-refractivity contribution in [1.29, 1.82) is 0 Å². The lowest BCUT2D eigenvalue weighted by Gasteiger charge is -2.19. The second-order valence-electron chi connectivity index (χ2n) is 5.33. The Morgan fingerprint density at radius 3 is 2.46 bits per heavy atom. The lowest BCUT2D eigenvalue weighted by molar-refractivity contribution is 1.05. The summed E-state index contributed by atoms with van der Waals surface area (Å²) < 4.78 is 0. The molecule has 0 aliphatic carbocycles. The molecule has 0 unspecified atom stereocenters. The van der Waals surface area contributed by atoms with Gasteiger partial charge in [0.2, 0.25) is 5.95 Å². The molecule has 0 aliphatic heterocycles. The van der Waals surface area contributed by atoms with E-state index in [1.54, 1.807) is 18.2 Å². The lowest BCUT2D eigenvalue weighted by atomic mass is 10.3. The number of benzene rings is 2. The highest BCUT2D eigenvalue weighted by Crippen LogP contribution is 2.29. The number of hydrogen-bond acceptors (Lipinski definition) is 4. The summed E-state index contributed by atoms with van der Waals surface area (Å²) in [6, 6.07) is 17.2. The summed E-state index contributed by atoms with van der Waals surface area (Å²) in [6.45, 7) is 1.93. The van der Waals surface area contributed by atoms with Crippen LogP contribution in [0.15, 0.2) is 54.6 Å². The summed E-state index contributed by atoms with van der Waals surface area (Å²) in [4.78, 5) is 11.0. The molecule has 1 N–H and O–H groups in total. The van der Waals surface area contributed by atoms with E-state index in [0.29, 0.717) is 21.7 Å². The molecule has 0 bridgehead atoms. The molecule has 0 radical (unpaired) electrons. The summed E-state index contributed by atoms with van der Waals surface area (Å²) in [6.07, 6.45) is 0. The summed E-state index contributed by atoms with van der Waals surface area (Å²) in [5, 5.41) is 4.29. The minimum atomic E-state index is 0.469. The maximum atomic E-state index is 6.20. The third kappa shape index (κ3) is 3.78. The predicted octanol–water partition coefficient (Wildman–Crippen LogP) is 5.60. The molecule has 1 aromatic heterocycles. The number of nitrogens with one attached hydrogen (secondary N) is 1. The number of nitrogens with zero attached hydrogens (tertiary/aromatic N) is 3. The monoisotopic (exact) mass is 358 g/mol. The third-order valence-electron chi connectivity index (χ3n) is 3.50. The Morgan fingerprint density at radius 1 is 0.958 bits per heavy atom. The molecular formula is C18H16Cl2N4. The number of rotatable bonds is 4. The second-order valence-corrected chi connectivity index (χ2v) is 6.18. The van der Waals surface area contributed by atoms with E-state index in [1.807, 2.05) is 55.3 Å². The second kappa shape index (κ2) is 7.07. The summed E-state index contributed by atoms with van der Waals surface area (Å²) in [5.74, 6) is 1.26. The van der Waals surface area contributed by atoms with Gasteiger partial charge in [0.1, 0.15) is 5.82 Å². The average Bonchev–Trinajstić information content (AvgIpc) is 2.58. The van der Waals surface area contributed by atoms with E-state index in [2.05, 4.69) is 15.3 Å². The van der Waals surface area contributed by atoms with E-state index in [9.17, 15) is 0 Å². The van der Waals surface area contributed by atoms with Crippen LogP contribution in [0.2, 0.25) is 10.0 Å². The number of aromatic nitrogens is 2. The fourth-order valence-electron chi connectivity index (χ4n) is 2.28. The van der Waals surface area contributed by atoms with Gasteiger partial charge in [-0.3, -0.25) is 0 Å². The van der Waals surface area contributed by atoms with E-state index in [-0.39, 0.29) is 0 Å². The first-order valence-electron chi connectivity index (χ1n) is 7.39. The molecular weight excluding hydrogens is 343 g/mol. The molecule has 3 aromatic rings. The Labute approximate surface area is 151 Å². The van der Waals surface area contributed by atoms with Gasteiger partial charge in [-0.05, 0) is 37.3 Å². The number of hydrogen-bond donors (Lipinski definition) is 1. The van der Waals surface area contributed by atoms with Gasteiger partial charge in [0.05, 0.1) is 10.7 Å². The van der Waals surface area contributed by atoms with E-state index in [1.165, 1.54) is 0 Å². The number of anilines is 4. The lowest BCUT2D eigenvalue weighted by Crippen LogP contribution is -2.13. The van der Waals surface area contributed by atoms with Crippen LogP contribution in [-0.4, -0.2) is 17.0 Å². The van der Waals surface area contributed by atoms with Crippen LogP contribution in [0.3, 0.4) is 0 Å². The van der Waals surface area contributed by atoms with Gasteiger partial charge in [0, 0.05) is 29.5 Å². The first-order valence-corrected chi connectivity index (χ1v) is 8.15. The highest BCUT2D eigenvalue weighted by atomic mass is 35.5. The fourth-order valence-corrected chi connectivity index (χ4v) is 2.61. The van der Waals surface area contributed by atoms with Crippen molar-refractivity contribution in [3.63, 3.8) is 0 Å². The molecule has 0 aliphatic rings. The highest BCUT2D eigenvalue weighted by molar-refractivity contribution is 6.35. The number of aryl methyl sites for hydroxylation is 1. The molecule has 6 heteroatoms. The van der Waals surface area contributed by atoms with Gasteiger partial charge in [-0.15, -0.1) is 0 Å². The van der Waals surface area contributed by atoms with Crippen molar-refractivity contribution in [2.45, 2.75) is 6.92 Å². The van der Waals surface area contributed by atoms with Crippen LogP contribution in [0, 0.1) is 6.92 Å². The summed E-state index contributed by atoms with van der Waals surface area (Å²) in [7, 11) is 1.97. The maximum absolute atomic E-state index is 6.20. The van der Waals surface area contributed by atoms with Crippen molar-refractivity contribution < 1.29 is 0 Å². The van der Waals surface area contributed by atoms with Crippen LogP contribution in [0.5, 0.6) is 0 Å². The minimum absolute atomic E-state index is 0.469. The maximum Gasteiger partial charge on any atom is 0.229 e. The minimum Gasteiger partial charge on any atom is -0.329 e. The fraction of sp³-hybridized carbons (Fsp3) is 0.111. The Bertz CT molecular complexity index is 853. The Hall–Kier alpha value is -2.30. The van der Waals surface area contributed by atoms with Gasteiger partial charge < -0.3 is 10.2 Å². The Morgan fingerprint density at radius 2 is 1.71 bits per heavy atom. The third-order valence-corrected chi connectivity index (χ3v) is 4.07. The quantitative estimate of drug-likeness (QED) is 0.658. The first-order chi connectivity index (χ1) is 11.5. The van der Waals surface area contributed by atoms with E-state index in [0.717, 1.165) is 17.2 Å². The van der Waals surface area contributed by atoms with Gasteiger partial charge in [0.15, 0.2) is 0 Å². The molecule has 0 saturated carbocycles. The van der Waals surface area contributed by atoms with Crippen molar-refractivity contribution in [3.05, 3.63) is 70.3 Å². The Balaban J connectivity index is 1.93. The predicted molar refractivity (Wildman–Crippen MR) is 101 cm³/mol. The molecule has 24 heavy (non-hydrogen) atoms. The molecule has 1 heterocycles. The molecule has 122 valence electrons. The van der Waals surface area contributed by atoms with Crippen LogP contribution in [0.1, 0.15) is 5.69 Å². The van der Waals surface area contributed by atoms with Gasteiger partial charge in [-0.1, -0.05) is 41.4 Å². The van der Waals surface area contributed by atoms with Crippen LogP contribution in [0.4, 0.5) is 23.1 Å². The first kappa shape index (κ1) is 16.6. The van der Waals surface area contributed by atoms with E-state index >= 15 is 0 Å². The zero-order chi connectivity index (χ0) is 17.1. The SMILES string of the molecule is Cc1cc(N(C)c2ccccc2)nc(Nc2cc(Cl)ccc2Cl)n1. The van der Waals surface area contributed by atoms with Crippen molar-refractivity contribution >= 4 is 46.3 Å². The van der Waals surface area contributed by atoms with E-state index < -0.39 is 0 Å². The van der Waals surface area contributed by atoms with Gasteiger partial charge in [0.25, 0.3) is 0 Å². The van der Waals surface area contributed by atoms with Crippen LogP contribution < -0.4 is 10.2 Å². The summed E-state index contributed by atoms with van der Waals surface area (Å²) in [5.41, 5.74) is 2.56. The standard InChI is InChI=1S/C18H16Cl2N4/c1-12-10-17(24(2)14-6-4-3-5-7-14)23-18(21-12)22-16-11-13(19)8-9-15(16)20/h3-11H,1-2H3,(H,21,22,23). The number of para-hydroxylation sites is 1. The molecule has 2 aromatic carbocycles. The van der Waals surface area contributed by atoms with E-state index in [4.69, 9.17) is 23.2 Å². The van der Waals surface area contributed by atoms with Crippen LogP contribution >= 0.6 is 23.2 Å². The highest BCUT2D eigenvalue weighted by Gasteiger charge is 2.10. The van der Waals surface area contributed by atoms with Crippen molar-refractivity contribution in [2.24, 2.45) is 0 Å². The zero-order valence-corrected chi connectivity index (χ0v) is 14.8. The summed E-state index contributed by atoms with van der Waals surface area (Å²) >= 11 is 12.2. The molecule has 0 atom stereocenters. The van der Waals surface area contributed by atoms with Gasteiger partial charge >= 0.3 is 0 Å². The molecule has 0 spiro atoms. The molecule has 0 fully saturated rings. The van der Waals surface area contributed by atoms with Gasteiger partial charge in [-0.25, -0.2) is 4.98 Å². The molecule has 3 rings (SSSR count). The largest absolute Gasteiger partial charge is 0.329 e. The zero-order valence-electron chi connectivity index (χ0n) is 13.3. The molecule has 0 saturated heterocycles. The van der Waals surface area contributed by atoms with Crippen molar-refractivity contribution in [3.8, 4) is 0 Å². The Kier molecular flexibility index (Phi) is 4.88. The van der Waals surface area contributed by atoms with Crippen molar-refractivity contribution in [1.82, 2.24) is 9.97 Å². The molecule has 0 amide bonds. The van der Waals surface area contributed by atoms with Crippen LogP contribution in [0.25, 0.3) is 0 Å². The normalized spacial score (nSPS) is 10.5.